The average molecular weight is 609 g/mol. The van der Waals surface area contributed by atoms with Gasteiger partial charge in [-0.15, -0.1) is 0 Å². The highest BCUT2D eigenvalue weighted by molar-refractivity contribution is 6.04. The zero-order valence-electron chi connectivity index (χ0n) is 25.9. The second-order valence-corrected chi connectivity index (χ2v) is 11.1. The van der Waals surface area contributed by atoms with E-state index >= 15 is 0 Å². The molecule has 0 spiro atoms. The van der Waals surface area contributed by atoms with Gasteiger partial charge in [-0.3, -0.25) is 4.68 Å². The first-order chi connectivity index (χ1) is 22.1. The third-order valence-electron chi connectivity index (χ3n) is 8.30. The number of nitrogens with one attached hydrogen (secondary N) is 1. The molecule has 45 heavy (non-hydrogen) atoms. The van der Waals surface area contributed by atoms with Crippen molar-refractivity contribution in [3.05, 3.63) is 95.5 Å². The molecule has 0 amide bonds. The molecule has 2 N–H and O–H groups in total. The molecule has 0 atom stereocenters. The Morgan fingerprint density at radius 2 is 1.87 bits per heavy atom. The van der Waals surface area contributed by atoms with Gasteiger partial charge in [-0.05, 0) is 36.8 Å². The minimum absolute atomic E-state index is 0.314. The van der Waals surface area contributed by atoms with E-state index in [0.29, 0.717) is 71.2 Å². The molecular weight excluding hydrogens is 568 g/mol. The van der Waals surface area contributed by atoms with Gasteiger partial charge in [-0.2, -0.15) is 5.10 Å². The zero-order chi connectivity index (χ0) is 31.2. The van der Waals surface area contributed by atoms with Gasteiger partial charge < -0.3 is 29.2 Å². The third kappa shape index (κ3) is 6.38. The Morgan fingerprint density at radius 1 is 1.04 bits per heavy atom. The summed E-state index contributed by atoms with van der Waals surface area (Å²) < 4.78 is 21.6. The summed E-state index contributed by atoms with van der Waals surface area (Å²) in [5, 5.41) is 22.1. The Morgan fingerprint density at radius 3 is 2.73 bits per heavy atom. The lowest BCUT2D eigenvalue weighted by atomic mass is 9.98. The van der Waals surface area contributed by atoms with Crippen LogP contribution in [0.3, 0.4) is 0 Å². The molecule has 1 aliphatic rings. The number of carbonyl (C=O) groups is 1. The molecular formula is C36H40N4O5. The fourth-order valence-corrected chi connectivity index (χ4v) is 6.30. The Labute approximate surface area is 263 Å². The van der Waals surface area contributed by atoms with E-state index < -0.39 is 5.97 Å². The van der Waals surface area contributed by atoms with E-state index in [0.717, 1.165) is 55.5 Å². The van der Waals surface area contributed by atoms with Gasteiger partial charge in [0.05, 0.1) is 43.3 Å². The van der Waals surface area contributed by atoms with Crippen LogP contribution in [-0.4, -0.2) is 58.4 Å². The van der Waals surface area contributed by atoms with Crippen LogP contribution in [0.5, 0.6) is 5.75 Å². The van der Waals surface area contributed by atoms with E-state index in [-0.39, 0.29) is 0 Å². The van der Waals surface area contributed by atoms with Crippen LogP contribution in [-0.2, 0) is 42.6 Å². The molecule has 1 aliphatic heterocycles. The van der Waals surface area contributed by atoms with Gasteiger partial charge in [0.15, 0.2) is 0 Å². The van der Waals surface area contributed by atoms with Crippen molar-refractivity contribution in [2.45, 2.75) is 39.5 Å². The Balaban J connectivity index is 1.38. The highest BCUT2D eigenvalue weighted by atomic mass is 16.5. The van der Waals surface area contributed by atoms with Crippen molar-refractivity contribution in [3.8, 4) is 16.9 Å². The molecule has 0 bridgehead atoms. The van der Waals surface area contributed by atoms with Crippen molar-refractivity contribution in [1.29, 1.82) is 0 Å². The van der Waals surface area contributed by atoms with Gasteiger partial charge in [0.25, 0.3) is 0 Å². The van der Waals surface area contributed by atoms with Crippen LogP contribution < -0.4 is 10.1 Å². The fourth-order valence-electron chi connectivity index (χ4n) is 6.30. The average Bonchev–Trinajstić information content (AvgIpc) is 3.53. The second-order valence-electron chi connectivity index (χ2n) is 11.1. The Bertz CT molecular complexity index is 1830. The Hall–Kier alpha value is -4.44. The largest absolute Gasteiger partial charge is 0.493 e. The van der Waals surface area contributed by atoms with Crippen LogP contribution in [0.25, 0.3) is 32.8 Å². The van der Waals surface area contributed by atoms with Crippen LogP contribution in [0.4, 0.5) is 0 Å². The molecule has 2 aromatic heterocycles. The van der Waals surface area contributed by atoms with E-state index in [2.05, 4.69) is 29.6 Å². The number of allylic oxidation sites excluding steroid dienone is 1. The van der Waals surface area contributed by atoms with E-state index in [1.807, 2.05) is 71.8 Å². The van der Waals surface area contributed by atoms with Crippen LogP contribution in [0.2, 0.25) is 0 Å². The number of aromatic carboxylic acids is 1. The lowest BCUT2D eigenvalue weighted by Crippen LogP contribution is -2.20. The molecule has 0 radical (unpaired) electrons. The minimum atomic E-state index is -0.939. The summed E-state index contributed by atoms with van der Waals surface area (Å²) in [5.41, 5.74) is 5.82. The highest BCUT2D eigenvalue weighted by Crippen LogP contribution is 2.39. The van der Waals surface area contributed by atoms with E-state index in [9.17, 15) is 9.90 Å². The van der Waals surface area contributed by atoms with Crippen LogP contribution in [0, 0.1) is 0 Å². The normalized spacial score (nSPS) is 13.9. The van der Waals surface area contributed by atoms with Crippen molar-refractivity contribution in [3.63, 3.8) is 0 Å². The quantitative estimate of drug-likeness (QED) is 0.130. The number of aromatic nitrogens is 3. The smallest absolute Gasteiger partial charge is 0.352 e. The van der Waals surface area contributed by atoms with Gasteiger partial charge >= 0.3 is 5.97 Å². The number of aryl methyl sites for hydroxylation is 2. The number of carboxylic acids is 1. The summed E-state index contributed by atoms with van der Waals surface area (Å²) in [6.07, 6.45) is 5.18. The predicted molar refractivity (Wildman–Crippen MR) is 176 cm³/mol. The van der Waals surface area contributed by atoms with E-state index in [4.69, 9.17) is 19.3 Å². The monoisotopic (exact) mass is 608 g/mol. The number of hydrogen-bond acceptors (Lipinski definition) is 6. The van der Waals surface area contributed by atoms with E-state index in [1.165, 1.54) is 0 Å². The number of benzene rings is 3. The standard InChI is InChI=1S/C36H40N4O5/c1-3-43-22-18-37-23-30-33-29-15-9-14-27-28(16-10-21-45-32-17-8-12-25-11-4-5-13-26(25)32)35(36(41)42)40(34(27)29)19-6-7-20-44-24-31(33)39(2)38-30/h4-9,11-15,17,37H,3,10,16,18-24H2,1-2H3,(H,41,42)/b7-6-. The predicted octanol–water partition coefficient (Wildman–Crippen LogP) is 6.12. The van der Waals surface area contributed by atoms with E-state index in [1.54, 1.807) is 0 Å². The number of fused-ring (bicyclic) bond motifs is 3. The van der Waals surface area contributed by atoms with Crippen LogP contribution in [0.15, 0.2) is 72.8 Å². The molecule has 234 valence electrons. The van der Waals surface area contributed by atoms with Crippen molar-refractivity contribution >= 4 is 27.6 Å². The topological polar surface area (TPSA) is 99.8 Å². The lowest BCUT2D eigenvalue weighted by molar-refractivity contribution is 0.0685. The number of ether oxygens (including phenoxy) is 3. The molecule has 0 aliphatic carbocycles. The van der Waals surface area contributed by atoms with Gasteiger partial charge in [-0.25, -0.2) is 4.79 Å². The summed E-state index contributed by atoms with van der Waals surface area (Å²) in [5.74, 6) is -0.101. The molecule has 0 saturated carbocycles. The maximum Gasteiger partial charge on any atom is 0.352 e. The molecule has 6 rings (SSSR count). The SMILES string of the molecule is CCOCCNCc1nn(C)c2c1-c1cccc3c(CCCOc4cccc5ccccc45)c(C(=O)O)n(c13)C/C=C\COC2. The number of rotatable bonds is 12. The minimum Gasteiger partial charge on any atom is -0.493 e. The van der Waals surface area contributed by atoms with Crippen molar-refractivity contribution in [1.82, 2.24) is 19.7 Å². The first kappa shape index (κ1) is 30.6. The lowest BCUT2D eigenvalue weighted by Gasteiger charge is -2.12. The number of para-hydroxylation sites is 1. The summed E-state index contributed by atoms with van der Waals surface area (Å²) in [6, 6.07) is 20.3. The molecule has 3 heterocycles. The summed E-state index contributed by atoms with van der Waals surface area (Å²) >= 11 is 0. The third-order valence-corrected chi connectivity index (χ3v) is 8.30. The van der Waals surface area contributed by atoms with Crippen molar-refractivity contribution < 1.29 is 24.1 Å². The van der Waals surface area contributed by atoms with Gasteiger partial charge in [0.1, 0.15) is 11.4 Å². The van der Waals surface area contributed by atoms with Gasteiger partial charge in [-0.1, -0.05) is 66.7 Å². The second kappa shape index (κ2) is 14.1. The number of hydrogen-bond donors (Lipinski definition) is 2. The summed E-state index contributed by atoms with van der Waals surface area (Å²) in [7, 11) is 1.94. The van der Waals surface area contributed by atoms with Crippen molar-refractivity contribution in [2.24, 2.45) is 7.05 Å². The fraction of sp³-hybridized carbons (Fsp3) is 0.333. The van der Waals surface area contributed by atoms with Crippen LogP contribution in [0.1, 0.15) is 40.8 Å². The molecule has 0 saturated heterocycles. The number of nitrogens with zero attached hydrogens (tertiary/aromatic N) is 3. The first-order valence-corrected chi connectivity index (χ1v) is 15.6. The molecule has 0 unspecified atom stereocenters. The van der Waals surface area contributed by atoms with Crippen molar-refractivity contribution in [2.75, 3.05) is 33.0 Å². The summed E-state index contributed by atoms with van der Waals surface area (Å²) in [6.45, 7) is 6.24. The zero-order valence-corrected chi connectivity index (χ0v) is 25.9. The Kier molecular flexibility index (Phi) is 9.59. The first-order valence-electron chi connectivity index (χ1n) is 15.6. The van der Waals surface area contributed by atoms with Gasteiger partial charge in [0, 0.05) is 55.2 Å². The maximum atomic E-state index is 12.9. The molecule has 3 aromatic carbocycles. The summed E-state index contributed by atoms with van der Waals surface area (Å²) in [4.78, 5) is 12.9. The molecule has 0 fully saturated rings. The molecule has 9 nitrogen and oxygen atoms in total. The van der Waals surface area contributed by atoms with Crippen LogP contribution >= 0.6 is 0 Å². The molecule has 9 heteroatoms. The molecule has 5 aromatic rings. The maximum absolute atomic E-state index is 12.9. The van der Waals surface area contributed by atoms with Gasteiger partial charge in [0.2, 0.25) is 0 Å². The highest BCUT2D eigenvalue weighted by Gasteiger charge is 2.27. The number of carboxylic acid groups (broad SMARTS) is 1.